The van der Waals surface area contributed by atoms with Gasteiger partial charge in [0.1, 0.15) is 5.65 Å². The standard InChI is InChI=1S/C12H13N3O3/c1-8(12(17)18)6-14-11(16)9-2-3-10-13-4-5-15(10)7-9/h2-5,7-8H,6H2,1H3,(H,14,16)(H,17,18). The first-order valence-corrected chi connectivity index (χ1v) is 5.51. The van der Waals surface area contributed by atoms with E-state index in [1.165, 1.54) is 0 Å². The van der Waals surface area contributed by atoms with Gasteiger partial charge in [-0.25, -0.2) is 4.98 Å². The number of rotatable bonds is 4. The third-order valence-corrected chi connectivity index (χ3v) is 2.64. The molecule has 2 aromatic rings. The van der Waals surface area contributed by atoms with Crippen LogP contribution in [0, 0.1) is 5.92 Å². The Morgan fingerprint density at radius 1 is 1.50 bits per heavy atom. The van der Waals surface area contributed by atoms with E-state index >= 15 is 0 Å². The summed E-state index contributed by atoms with van der Waals surface area (Å²) in [6.07, 6.45) is 5.04. The number of aromatic nitrogens is 2. The monoisotopic (exact) mass is 247 g/mol. The van der Waals surface area contributed by atoms with Crippen LogP contribution in [0.25, 0.3) is 5.65 Å². The number of fused-ring (bicyclic) bond motifs is 1. The van der Waals surface area contributed by atoms with Gasteiger partial charge in [0.15, 0.2) is 0 Å². The highest BCUT2D eigenvalue weighted by Gasteiger charge is 2.13. The average Bonchev–Trinajstić information content (AvgIpc) is 2.82. The molecule has 6 nitrogen and oxygen atoms in total. The van der Waals surface area contributed by atoms with Gasteiger partial charge in [-0.1, -0.05) is 6.92 Å². The number of carboxylic acids is 1. The summed E-state index contributed by atoms with van der Waals surface area (Å²) >= 11 is 0. The summed E-state index contributed by atoms with van der Waals surface area (Å²) in [6, 6.07) is 3.39. The summed E-state index contributed by atoms with van der Waals surface area (Å²) in [6.45, 7) is 1.65. The lowest BCUT2D eigenvalue weighted by Gasteiger charge is -2.08. The molecule has 0 radical (unpaired) electrons. The van der Waals surface area contributed by atoms with E-state index in [4.69, 9.17) is 5.11 Å². The van der Waals surface area contributed by atoms with Gasteiger partial charge in [-0.05, 0) is 12.1 Å². The number of amides is 1. The molecule has 1 atom stereocenters. The predicted molar refractivity (Wildman–Crippen MR) is 64.3 cm³/mol. The van der Waals surface area contributed by atoms with E-state index < -0.39 is 11.9 Å². The van der Waals surface area contributed by atoms with E-state index in [1.807, 2.05) is 0 Å². The molecular weight excluding hydrogens is 234 g/mol. The van der Waals surface area contributed by atoms with Gasteiger partial charge >= 0.3 is 5.97 Å². The molecule has 18 heavy (non-hydrogen) atoms. The van der Waals surface area contributed by atoms with Gasteiger partial charge in [0.25, 0.3) is 5.91 Å². The summed E-state index contributed by atoms with van der Waals surface area (Å²) < 4.78 is 1.73. The Morgan fingerprint density at radius 3 is 3.00 bits per heavy atom. The fourth-order valence-electron chi connectivity index (χ4n) is 1.49. The van der Waals surface area contributed by atoms with Crippen LogP contribution in [0.1, 0.15) is 17.3 Å². The Hall–Kier alpha value is -2.37. The van der Waals surface area contributed by atoms with Crippen LogP contribution in [-0.4, -0.2) is 32.9 Å². The highest BCUT2D eigenvalue weighted by Crippen LogP contribution is 2.05. The average molecular weight is 247 g/mol. The van der Waals surface area contributed by atoms with Gasteiger partial charge in [-0.3, -0.25) is 9.59 Å². The number of imidazole rings is 1. The fraction of sp³-hybridized carbons (Fsp3) is 0.250. The van der Waals surface area contributed by atoms with Crippen molar-refractivity contribution < 1.29 is 14.7 Å². The normalized spacial score (nSPS) is 12.3. The molecule has 1 unspecified atom stereocenters. The number of nitrogens with zero attached hydrogens (tertiary/aromatic N) is 2. The molecule has 0 aliphatic carbocycles. The highest BCUT2D eigenvalue weighted by atomic mass is 16.4. The largest absolute Gasteiger partial charge is 0.481 e. The minimum absolute atomic E-state index is 0.107. The molecule has 0 aliphatic rings. The van der Waals surface area contributed by atoms with E-state index in [9.17, 15) is 9.59 Å². The molecule has 0 aliphatic heterocycles. The van der Waals surface area contributed by atoms with Crippen molar-refractivity contribution in [2.24, 2.45) is 5.92 Å². The number of carboxylic acid groups (broad SMARTS) is 1. The maximum absolute atomic E-state index is 11.8. The first-order chi connectivity index (χ1) is 8.58. The molecule has 2 rings (SSSR count). The van der Waals surface area contributed by atoms with Crippen molar-refractivity contribution in [2.45, 2.75) is 6.92 Å². The molecule has 2 N–H and O–H groups in total. The smallest absolute Gasteiger partial charge is 0.308 e. The van der Waals surface area contributed by atoms with Gasteiger partial charge in [-0.2, -0.15) is 0 Å². The van der Waals surface area contributed by atoms with Gasteiger partial charge in [0, 0.05) is 25.1 Å². The molecule has 2 heterocycles. The topological polar surface area (TPSA) is 83.7 Å². The van der Waals surface area contributed by atoms with Crippen LogP contribution in [0.15, 0.2) is 30.7 Å². The number of aliphatic carboxylic acids is 1. The molecule has 0 fully saturated rings. The molecule has 94 valence electrons. The highest BCUT2D eigenvalue weighted by molar-refractivity contribution is 5.94. The molecule has 6 heteroatoms. The summed E-state index contributed by atoms with van der Waals surface area (Å²) in [5, 5.41) is 11.3. The predicted octanol–water partition coefficient (Wildman–Crippen LogP) is 0.785. The van der Waals surface area contributed by atoms with E-state index in [2.05, 4.69) is 10.3 Å². The Balaban J connectivity index is 2.06. The summed E-state index contributed by atoms with van der Waals surface area (Å²) in [7, 11) is 0. The van der Waals surface area contributed by atoms with Gasteiger partial charge in [0.2, 0.25) is 0 Å². The second-order valence-corrected chi connectivity index (χ2v) is 4.06. The van der Waals surface area contributed by atoms with Crippen molar-refractivity contribution in [3.63, 3.8) is 0 Å². The Labute approximate surface area is 103 Å². The number of carbonyl (C=O) groups excluding carboxylic acids is 1. The van der Waals surface area contributed by atoms with Crippen molar-refractivity contribution in [3.05, 3.63) is 36.3 Å². The van der Waals surface area contributed by atoms with E-state index in [0.29, 0.717) is 5.56 Å². The SMILES string of the molecule is CC(CNC(=O)c1ccc2nccn2c1)C(=O)O. The number of pyridine rings is 1. The zero-order chi connectivity index (χ0) is 13.1. The maximum atomic E-state index is 11.8. The van der Waals surface area contributed by atoms with Crippen molar-refractivity contribution in [3.8, 4) is 0 Å². The lowest BCUT2D eigenvalue weighted by molar-refractivity contribution is -0.140. The number of nitrogens with one attached hydrogen (secondary N) is 1. The van der Waals surface area contributed by atoms with Crippen LogP contribution in [0.4, 0.5) is 0 Å². The van der Waals surface area contributed by atoms with E-state index in [-0.39, 0.29) is 12.5 Å². The number of hydrogen-bond acceptors (Lipinski definition) is 3. The van der Waals surface area contributed by atoms with E-state index in [0.717, 1.165) is 5.65 Å². The lowest BCUT2D eigenvalue weighted by Crippen LogP contribution is -2.31. The Bertz CT molecular complexity index is 591. The molecule has 0 saturated heterocycles. The summed E-state index contributed by atoms with van der Waals surface area (Å²) in [4.78, 5) is 26.5. The second kappa shape index (κ2) is 4.87. The van der Waals surface area contributed by atoms with E-state index in [1.54, 1.807) is 42.0 Å². The van der Waals surface area contributed by atoms with Gasteiger partial charge in [-0.15, -0.1) is 0 Å². The summed E-state index contributed by atoms with van der Waals surface area (Å²) in [5.74, 6) is -1.83. The van der Waals surface area contributed by atoms with Gasteiger partial charge < -0.3 is 14.8 Å². The van der Waals surface area contributed by atoms with Gasteiger partial charge in [0.05, 0.1) is 11.5 Å². The third-order valence-electron chi connectivity index (χ3n) is 2.64. The van der Waals surface area contributed by atoms with Crippen LogP contribution < -0.4 is 5.32 Å². The van der Waals surface area contributed by atoms with Crippen LogP contribution >= 0.6 is 0 Å². The number of hydrogen-bond donors (Lipinski definition) is 2. The van der Waals surface area contributed by atoms with Crippen LogP contribution in [0.5, 0.6) is 0 Å². The maximum Gasteiger partial charge on any atom is 0.308 e. The van der Waals surface area contributed by atoms with Crippen molar-refractivity contribution in [2.75, 3.05) is 6.54 Å². The molecule has 2 aromatic heterocycles. The van der Waals surface area contributed by atoms with Crippen molar-refractivity contribution in [1.82, 2.24) is 14.7 Å². The lowest BCUT2D eigenvalue weighted by atomic mass is 10.2. The van der Waals surface area contributed by atoms with Crippen LogP contribution in [0.3, 0.4) is 0 Å². The molecule has 0 saturated carbocycles. The van der Waals surface area contributed by atoms with Crippen molar-refractivity contribution >= 4 is 17.5 Å². The molecule has 1 amide bonds. The first-order valence-electron chi connectivity index (χ1n) is 5.51. The third kappa shape index (κ3) is 2.48. The Kier molecular flexibility index (Phi) is 3.27. The number of carbonyl (C=O) groups is 2. The molecule has 0 bridgehead atoms. The molecule has 0 spiro atoms. The summed E-state index contributed by atoms with van der Waals surface area (Å²) in [5.41, 5.74) is 1.23. The first kappa shape index (κ1) is 12.1. The van der Waals surface area contributed by atoms with Crippen LogP contribution in [-0.2, 0) is 4.79 Å². The second-order valence-electron chi connectivity index (χ2n) is 4.06. The zero-order valence-electron chi connectivity index (χ0n) is 9.83. The fourth-order valence-corrected chi connectivity index (χ4v) is 1.49. The van der Waals surface area contributed by atoms with Crippen molar-refractivity contribution in [1.29, 1.82) is 0 Å². The minimum Gasteiger partial charge on any atom is -0.481 e. The quantitative estimate of drug-likeness (QED) is 0.836. The molecular formula is C12H13N3O3. The molecule has 0 aromatic carbocycles. The zero-order valence-corrected chi connectivity index (χ0v) is 9.83. The van der Waals surface area contributed by atoms with Crippen LogP contribution in [0.2, 0.25) is 0 Å². The minimum atomic E-state index is -0.930. The Morgan fingerprint density at radius 2 is 2.28 bits per heavy atom.